The van der Waals surface area contributed by atoms with Gasteiger partial charge in [-0.15, -0.1) is 0 Å². The molecular weight excluding hydrogens is 641 g/mol. The van der Waals surface area contributed by atoms with Gasteiger partial charge in [0.05, 0.1) is 27.8 Å². The van der Waals surface area contributed by atoms with Gasteiger partial charge in [-0.25, -0.2) is 0 Å². The molecule has 2 heterocycles. The summed E-state index contributed by atoms with van der Waals surface area (Å²) in [4.78, 5) is 0. The molecule has 0 radical (unpaired) electrons. The number of aromatic nitrogens is 2. The topological polar surface area (TPSA) is 9.86 Å². The highest BCUT2D eigenvalue weighted by Crippen LogP contribution is 2.41. The van der Waals surface area contributed by atoms with Crippen LogP contribution in [0.5, 0.6) is 0 Å². The number of nitrogens with zero attached hydrogens (tertiary/aromatic N) is 2. The summed E-state index contributed by atoms with van der Waals surface area (Å²) in [6, 6.07) is 70.4. The molecule has 0 N–H and O–H groups in total. The van der Waals surface area contributed by atoms with Crippen molar-refractivity contribution in [3.05, 3.63) is 194 Å². The highest BCUT2D eigenvalue weighted by atomic mass is 15.0. The molecule has 254 valence electrons. The number of para-hydroxylation sites is 4. The Labute approximate surface area is 310 Å². The first-order chi connectivity index (χ1) is 26.2. The van der Waals surface area contributed by atoms with Crippen molar-refractivity contribution in [2.24, 2.45) is 0 Å². The normalized spacial score (nSPS) is 11.3. The molecule has 0 unspecified atom stereocenters. The minimum atomic E-state index is 1.17. The molecule has 8 aromatic carbocycles. The lowest BCUT2D eigenvalue weighted by Crippen LogP contribution is -1.98. The molecule has 53 heavy (non-hydrogen) atoms. The molecule has 0 spiro atoms. The molecule has 0 aliphatic carbocycles. The van der Waals surface area contributed by atoms with E-state index in [9.17, 15) is 0 Å². The van der Waals surface area contributed by atoms with Crippen molar-refractivity contribution >= 4 is 43.6 Å². The van der Waals surface area contributed by atoms with Crippen molar-refractivity contribution in [1.82, 2.24) is 9.13 Å². The monoisotopic (exact) mass is 680 g/mol. The van der Waals surface area contributed by atoms with E-state index in [0.29, 0.717) is 0 Å². The lowest BCUT2D eigenvalue weighted by Gasteiger charge is -2.17. The van der Waals surface area contributed by atoms with Crippen LogP contribution >= 0.6 is 0 Å². The van der Waals surface area contributed by atoms with E-state index in [1.807, 2.05) is 0 Å². The Hall–Kier alpha value is -6.64. The van der Waals surface area contributed by atoms with Crippen LogP contribution in [-0.4, -0.2) is 9.13 Å². The van der Waals surface area contributed by atoms with E-state index in [1.54, 1.807) is 0 Å². The lowest BCUT2D eigenvalue weighted by atomic mass is 9.93. The first-order valence-corrected chi connectivity index (χ1v) is 18.6. The number of hydrogen-bond acceptors (Lipinski definition) is 0. The maximum Gasteiger partial charge on any atom is 0.0547 e. The predicted octanol–water partition coefficient (Wildman–Crippen LogP) is 14.3. The van der Waals surface area contributed by atoms with Gasteiger partial charge in [-0.3, -0.25) is 0 Å². The molecule has 2 heteroatoms. The van der Waals surface area contributed by atoms with Crippen molar-refractivity contribution in [2.75, 3.05) is 0 Å². The largest absolute Gasteiger partial charge is 0.309 e. The summed E-state index contributed by atoms with van der Waals surface area (Å²) >= 11 is 0. The molecule has 0 amide bonds. The molecule has 0 aliphatic heterocycles. The molecule has 0 saturated heterocycles. The highest BCUT2D eigenvalue weighted by Gasteiger charge is 2.19. The Bertz CT molecular complexity index is 2870. The van der Waals surface area contributed by atoms with Crippen LogP contribution < -0.4 is 0 Å². The highest BCUT2D eigenvalue weighted by molar-refractivity contribution is 6.12. The van der Waals surface area contributed by atoms with E-state index in [2.05, 4.69) is 217 Å². The van der Waals surface area contributed by atoms with Gasteiger partial charge in [0.15, 0.2) is 0 Å². The number of fused-ring (bicyclic) bond motifs is 6. The van der Waals surface area contributed by atoms with Crippen LogP contribution in [0, 0.1) is 0 Å². The van der Waals surface area contributed by atoms with Crippen molar-refractivity contribution in [3.63, 3.8) is 0 Å². The fourth-order valence-electron chi connectivity index (χ4n) is 7.90. The standard InChI is InChI=1S/C48H32N2.C3H8/c1-3-15-33(16-4-1)37-19-7-8-20-38(37)39-21-9-13-25-45(39)50-46-26-14-11-23-41(46)43-30-28-35(32-48(43)50)34-27-29-42-40-22-10-12-24-44(40)49(47(42)31-34)36-17-5-2-6-18-36;1-3-2/h1-32H;3H2,1-2H3. The average molecular weight is 681 g/mol. The third-order valence-corrected chi connectivity index (χ3v) is 10.1. The van der Waals surface area contributed by atoms with Gasteiger partial charge in [-0.2, -0.15) is 0 Å². The second-order valence-electron chi connectivity index (χ2n) is 13.6. The molecular formula is C51H40N2. The first kappa shape index (κ1) is 32.3. The van der Waals surface area contributed by atoms with Gasteiger partial charge in [-0.1, -0.05) is 172 Å². The maximum atomic E-state index is 2.46. The number of rotatable bonds is 5. The summed E-state index contributed by atoms with van der Waals surface area (Å²) in [5.74, 6) is 0. The average Bonchev–Trinajstić information content (AvgIpc) is 3.74. The van der Waals surface area contributed by atoms with Crippen molar-refractivity contribution < 1.29 is 0 Å². The second kappa shape index (κ2) is 13.8. The van der Waals surface area contributed by atoms with Gasteiger partial charge in [0.2, 0.25) is 0 Å². The van der Waals surface area contributed by atoms with Crippen molar-refractivity contribution in [2.45, 2.75) is 20.3 Å². The minimum Gasteiger partial charge on any atom is -0.309 e. The molecule has 0 fully saturated rings. The maximum absolute atomic E-state index is 2.46. The molecule has 2 nitrogen and oxygen atoms in total. The third kappa shape index (κ3) is 5.60. The molecule has 0 aliphatic rings. The van der Waals surface area contributed by atoms with Crippen LogP contribution in [0.3, 0.4) is 0 Å². The van der Waals surface area contributed by atoms with Crippen molar-refractivity contribution in [1.29, 1.82) is 0 Å². The van der Waals surface area contributed by atoms with Gasteiger partial charge in [0.1, 0.15) is 0 Å². The Kier molecular flexibility index (Phi) is 8.42. The minimum absolute atomic E-state index is 1.17. The van der Waals surface area contributed by atoms with E-state index >= 15 is 0 Å². The van der Waals surface area contributed by atoms with Gasteiger partial charge < -0.3 is 9.13 Å². The quantitative estimate of drug-likeness (QED) is 0.171. The SMILES string of the molecule is CCC.c1ccc(-c2ccccc2-c2ccccc2-n2c3ccccc3c3ccc(-c4ccc5c6ccccc6n(-c6ccccc6)c5c4)cc32)cc1. The Balaban J connectivity index is 0.00000120. The van der Waals surface area contributed by atoms with Crippen LogP contribution in [0.25, 0.3) is 88.4 Å². The lowest BCUT2D eigenvalue weighted by molar-refractivity contribution is 1.09. The van der Waals surface area contributed by atoms with Crippen LogP contribution in [0.1, 0.15) is 20.3 Å². The van der Waals surface area contributed by atoms with E-state index in [-0.39, 0.29) is 0 Å². The van der Waals surface area contributed by atoms with Gasteiger partial charge >= 0.3 is 0 Å². The number of benzene rings is 8. The second-order valence-corrected chi connectivity index (χ2v) is 13.6. The Morgan fingerprint density at radius 1 is 0.321 bits per heavy atom. The summed E-state index contributed by atoms with van der Waals surface area (Å²) in [5, 5.41) is 5.02. The predicted molar refractivity (Wildman–Crippen MR) is 227 cm³/mol. The molecule has 0 atom stereocenters. The summed E-state index contributed by atoms with van der Waals surface area (Å²) in [6.45, 7) is 4.25. The zero-order valence-electron chi connectivity index (χ0n) is 30.1. The van der Waals surface area contributed by atoms with Crippen LogP contribution in [0.2, 0.25) is 0 Å². The summed E-state index contributed by atoms with van der Waals surface area (Å²) in [5.41, 5.74) is 14.4. The smallest absolute Gasteiger partial charge is 0.0547 e. The van der Waals surface area contributed by atoms with Crippen molar-refractivity contribution in [3.8, 4) is 44.8 Å². The van der Waals surface area contributed by atoms with Crippen LogP contribution in [-0.2, 0) is 0 Å². The van der Waals surface area contributed by atoms with E-state index in [1.165, 1.54) is 94.8 Å². The molecule has 0 bridgehead atoms. The zero-order chi connectivity index (χ0) is 35.7. The van der Waals surface area contributed by atoms with Crippen LogP contribution in [0.4, 0.5) is 0 Å². The summed E-state index contributed by atoms with van der Waals surface area (Å²) < 4.78 is 4.86. The molecule has 10 aromatic rings. The first-order valence-electron chi connectivity index (χ1n) is 18.6. The van der Waals surface area contributed by atoms with E-state index in [0.717, 1.165) is 0 Å². The number of hydrogen-bond donors (Lipinski definition) is 0. The molecule has 2 aromatic heterocycles. The molecule has 0 saturated carbocycles. The third-order valence-electron chi connectivity index (χ3n) is 10.1. The fourth-order valence-corrected chi connectivity index (χ4v) is 7.90. The van der Waals surface area contributed by atoms with Gasteiger partial charge in [-0.05, 0) is 70.3 Å². The Morgan fingerprint density at radius 2 is 0.755 bits per heavy atom. The Morgan fingerprint density at radius 3 is 1.38 bits per heavy atom. The van der Waals surface area contributed by atoms with Gasteiger partial charge in [0, 0.05) is 32.8 Å². The van der Waals surface area contributed by atoms with Crippen LogP contribution in [0.15, 0.2) is 194 Å². The fraction of sp³-hybridized carbons (Fsp3) is 0.0588. The van der Waals surface area contributed by atoms with Gasteiger partial charge in [0.25, 0.3) is 0 Å². The zero-order valence-corrected chi connectivity index (χ0v) is 30.1. The van der Waals surface area contributed by atoms with E-state index in [4.69, 9.17) is 0 Å². The van der Waals surface area contributed by atoms with E-state index < -0.39 is 0 Å². The summed E-state index contributed by atoms with van der Waals surface area (Å²) in [6.07, 6.45) is 1.25. The summed E-state index contributed by atoms with van der Waals surface area (Å²) in [7, 11) is 0. The molecule has 10 rings (SSSR count).